The summed E-state index contributed by atoms with van der Waals surface area (Å²) in [6, 6.07) is 5.12. The van der Waals surface area contributed by atoms with Gasteiger partial charge in [0.15, 0.2) is 0 Å². The maximum Gasteiger partial charge on any atom is 0.319 e. The van der Waals surface area contributed by atoms with E-state index in [9.17, 15) is 4.79 Å². The lowest BCUT2D eigenvalue weighted by molar-refractivity contribution is 0.245. The number of aromatic nitrogens is 5. The standard InChI is InChI=1S/C16H21N7O/c1-10(2)6-14(15-17-9-19-23(15)3)21-16(24)20-12-5-4-11-8-18-22-13(11)7-12/h4-5,7-10,14H,6H2,1-3H3,(H,18,22)(H2,20,21,24)/t14-/m0/s1. The molecule has 8 heteroatoms. The van der Waals surface area contributed by atoms with Crippen LogP contribution in [-0.2, 0) is 7.05 Å². The van der Waals surface area contributed by atoms with Gasteiger partial charge in [-0.25, -0.2) is 9.78 Å². The number of aromatic amines is 1. The Labute approximate surface area is 139 Å². The Bertz CT molecular complexity index is 836. The summed E-state index contributed by atoms with van der Waals surface area (Å²) in [6.45, 7) is 4.21. The van der Waals surface area contributed by atoms with Crippen molar-refractivity contribution < 1.29 is 4.79 Å². The number of H-pyrrole nitrogens is 1. The molecule has 0 aliphatic carbocycles. The van der Waals surface area contributed by atoms with Crippen LogP contribution < -0.4 is 10.6 Å². The molecule has 3 rings (SSSR count). The molecule has 3 aromatic rings. The zero-order valence-corrected chi connectivity index (χ0v) is 13.9. The smallest absolute Gasteiger partial charge is 0.319 e. The second-order valence-corrected chi connectivity index (χ2v) is 6.19. The maximum atomic E-state index is 12.4. The highest BCUT2D eigenvalue weighted by Crippen LogP contribution is 2.20. The Morgan fingerprint density at radius 3 is 2.92 bits per heavy atom. The number of nitrogens with one attached hydrogen (secondary N) is 3. The van der Waals surface area contributed by atoms with Crippen LogP contribution in [0.25, 0.3) is 10.9 Å². The number of benzene rings is 1. The molecular weight excluding hydrogens is 306 g/mol. The van der Waals surface area contributed by atoms with E-state index in [1.54, 1.807) is 10.9 Å². The van der Waals surface area contributed by atoms with Crippen molar-refractivity contribution >= 4 is 22.6 Å². The molecule has 0 aliphatic rings. The highest BCUT2D eigenvalue weighted by atomic mass is 16.2. The summed E-state index contributed by atoms with van der Waals surface area (Å²) in [5, 5.41) is 17.8. The average molecular weight is 327 g/mol. The largest absolute Gasteiger partial charge is 0.328 e. The first-order valence-electron chi connectivity index (χ1n) is 7.87. The van der Waals surface area contributed by atoms with Crippen molar-refractivity contribution in [1.29, 1.82) is 0 Å². The fourth-order valence-corrected chi connectivity index (χ4v) is 2.66. The molecule has 0 aliphatic heterocycles. The van der Waals surface area contributed by atoms with Gasteiger partial charge in [-0.2, -0.15) is 10.2 Å². The SMILES string of the molecule is CC(C)C[C@H](NC(=O)Nc1ccc2cn[nH]c2c1)c1ncnn1C. The minimum absolute atomic E-state index is 0.201. The van der Waals surface area contributed by atoms with Crippen LogP contribution in [0.1, 0.15) is 32.1 Å². The molecule has 0 fully saturated rings. The first-order chi connectivity index (χ1) is 11.5. The molecule has 0 bridgehead atoms. The van der Waals surface area contributed by atoms with Crippen molar-refractivity contribution in [2.45, 2.75) is 26.3 Å². The van der Waals surface area contributed by atoms with Crippen molar-refractivity contribution in [2.75, 3.05) is 5.32 Å². The topological polar surface area (TPSA) is 101 Å². The van der Waals surface area contributed by atoms with Crippen LogP contribution in [0.3, 0.4) is 0 Å². The van der Waals surface area contributed by atoms with E-state index >= 15 is 0 Å². The number of amides is 2. The lowest BCUT2D eigenvalue weighted by Gasteiger charge is -2.20. The first-order valence-corrected chi connectivity index (χ1v) is 7.87. The number of fused-ring (bicyclic) bond motifs is 1. The maximum absolute atomic E-state index is 12.4. The highest BCUT2D eigenvalue weighted by Gasteiger charge is 2.20. The zero-order chi connectivity index (χ0) is 17.1. The van der Waals surface area contributed by atoms with Crippen molar-refractivity contribution in [1.82, 2.24) is 30.3 Å². The van der Waals surface area contributed by atoms with Crippen LogP contribution in [0, 0.1) is 5.92 Å². The number of hydrogen-bond acceptors (Lipinski definition) is 4. The van der Waals surface area contributed by atoms with Gasteiger partial charge in [0.2, 0.25) is 0 Å². The first kappa shape index (κ1) is 16.0. The number of urea groups is 1. The predicted molar refractivity (Wildman–Crippen MR) is 91.4 cm³/mol. The second kappa shape index (κ2) is 6.69. The number of carbonyl (C=O) groups excluding carboxylic acids is 1. The summed E-state index contributed by atoms with van der Waals surface area (Å²) < 4.78 is 1.68. The minimum atomic E-state index is -0.275. The van der Waals surface area contributed by atoms with Gasteiger partial charge in [0.1, 0.15) is 12.2 Å². The molecule has 126 valence electrons. The summed E-state index contributed by atoms with van der Waals surface area (Å²) in [5.41, 5.74) is 1.57. The summed E-state index contributed by atoms with van der Waals surface area (Å²) in [4.78, 5) is 16.6. The Morgan fingerprint density at radius 1 is 1.38 bits per heavy atom. The van der Waals surface area contributed by atoms with Gasteiger partial charge >= 0.3 is 6.03 Å². The Hall–Kier alpha value is -2.90. The van der Waals surface area contributed by atoms with Crippen molar-refractivity contribution in [3.8, 4) is 0 Å². The molecule has 0 saturated carbocycles. The molecule has 2 aromatic heterocycles. The van der Waals surface area contributed by atoms with Gasteiger partial charge in [0, 0.05) is 18.1 Å². The number of hydrogen-bond donors (Lipinski definition) is 3. The molecule has 2 amide bonds. The summed E-state index contributed by atoms with van der Waals surface area (Å²) in [5.74, 6) is 1.15. The van der Waals surface area contributed by atoms with E-state index < -0.39 is 0 Å². The van der Waals surface area contributed by atoms with Crippen molar-refractivity contribution in [2.24, 2.45) is 13.0 Å². The number of carbonyl (C=O) groups is 1. The molecule has 1 aromatic carbocycles. The fraction of sp³-hybridized carbons (Fsp3) is 0.375. The third kappa shape index (κ3) is 3.53. The summed E-state index contributed by atoms with van der Waals surface area (Å²) in [6.07, 6.45) is 4.01. The van der Waals surface area contributed by atoms with Crippen LogP contribution in [0.15, 0.2) is 30.7 Å². The van der Waals surface area contributed by atoms with E-state index in [-0.39, 0.29) is 12.1 Å². The van der Waals surface area contributed by atoms with E-state index in [0.29, 0.717) is 11.6 Å². The van der Waals surface area contributed by atoms with E-state index in [4.69, 9.17) is 0 Å². The summed E-state index contributed by atoms with van der Waals surface area (Å²) >= 11 is 0. The second-order valence-electron chi connectivity index (χ2n) is 6.19. The van der Waals surface area contributed by atoms with Crippen LogP contribution >= 0.6 is 0 Å². The minimum Gasteiger partial charge on any atom is -0.328 e. The lowest BCUT2D eigenvalue weighted by atomic mass is 10.0. The number of nitrogens with zero attached hydrogens (tertiary/aromatic N) is 4. The fourth-order valence-electron chi connectivity index (χ4n) is 2.66. The quantitative estimate of drug-likeness (QED) is 0.670. The molecule has 24 heavy (non-hydrogen) atoms. The molecular formula is C16H21N7O. The van der Waals surface area contributed by atoms with Gasteiger partial charge in [0.25, 0.3) is 0 Å². The predicted octanol–water partition coefficient (Wildman–Crippen LogP) is 2.60. The Morgan fingerprint density at radius 2 is 2.21 bits per heavy atom. The van der Waals surface area contributed by atoms with Crippen LogP contribution in [0.4, 0.5) is 10.5 Å². The van der Waals surface area contributed by atoms with Crippen LogP contribution in [0.2, 0.25) is 0 Å². The molecule has 0 spiro atoms. The van der Waals surface area contributed by atoms with Gasteiger partial charge in [-0.05, 0) is 30.5 Å². The summed E-state index contributed by atoms with van der Waals surface area (Å²) in [7, 11) is 1.82. The Balaban J connectivity index is 1.71. The van der Waals surface area contributed by atoms with Gasteiger partial charge < -0.3 is 10.6 Å². The third-order valence-corrected chi connectivity index (χ3v) is 3.77. The van der Waals surface area contributed by atoms with E-state index in [0.717, 1.165) is 23.1 Å². The van der Waals surface area contributed by atoms with E-state index in [1.807, 2.05) is 25.2 Å². The monoisotopic (exact) mass is 327 g/mol. The van der Waals surface area contributed by atoms with E-state index in [1.165, 1.54) is 6.33 Å². The van der Waals surface area contributed by atoms with Gasteiger partial charge in [-0.1, -0.05) is 13.8 Å². The van der Waals surface area contributed by atoms with Crippen LogP contribution in [0.5, 0.6) is 0 Å². The van der Waals surface area contributed by atoms with E-state index in [2.05, 4.69) is 44.8 Å². The van der Waals surface area contributed by atoms with Crippen molar-refractivity contribution in [3.05, 3.63) is 36.5 Å². The third-order valence-electron chi connectivity index (χ3n) is 3.77. The molecule has 0 saturated heterocycles. The van der Waals surface area contributed by atoms with Gasteiger partial charge in [0.05, 0.1) is 17.8 Å². The van der Waals surface area contributed by atoms with Crippen LogP contribution in [-0.4, -0.2) is 31.0 Å². The number of rotatable bonds is 5. The normalized spacial score (nSPS) is 12.5. The van der Waals surface area contributed by atoms with Crippen molar-refractivity contribution in [3.63, 3.8) is 0 Å². The molecule has 8 nitrogen and oxygen atoms in total. The van der Waals surface area contributed by atoms with Gasteiger partial charge in [-0.3, -0.25) is 9.78 Å². The number of aryl methyl sites for hydroxylation is 1. The molecule has 0 radical (unpaired) electrons. The molecule has 0 unspecified atom stereocenters. The number of anilines is 1. The molecule has 2 heterocycles. The average Bonchev–Trinajstić information content (AvgIpc) is 3.14. The lowest BCUT2D eigenvalue weighted by Crippen LogP contribution is -2.34. The highest BCUT2D eigenvalue weighted by molar-refractivity contribution is 5.92. The van der Waals surface area contributed by atoms with Gasteiger partial charge in [-0.15, -0.1) is 0 Å². The molecule has 1 atom stereocenters. The Kier molecular flexibility index (Phi) is 4.45. The zero-order valence-electron chi connectivity index (χ0n) is 13.9. The molecule has 3 N–H and O–H groups in total.